The molecule has 3 rings (SSSR count). The molecule has 180 valence electrons. The molecule has 1 fully saturated rings. The third-order valence-corrected chi connectivity index (χ3v) is 5.91. The van der Waals surface area contributed by atoms with Crippen molar-refractivity contribution in [1.29, 1.82) is 0 Å². The number of nitrogens with zero attached hydrogens (tertiary/aromatic N) is 3. The molecule has 0 spiro atoms. The Morgan fingerprint density at radius 2 is 1.00 bits per heavy atom. The average molecular weight is 465 g/mol. The molecule has 0 aromatic heterocycles. The summed E-state index contributed by atoms with van der Waals surface area (Å²) in [6, 6.07) is 16.3. The number of hydrogen-bond donors (Lipinski definition) is 1. The summed E-state index contributed by atoms with van der Waals surface area (Å²) in [6.07, 6.45) is 8.06. The van der Waals surface area contributed by atoms with Gasteiger partial charge in [-0.2, -0.15) is 5.01 Å². The van der Waals surface area contributed by atoms with Crippen LogP contribution in [-0.4, -0.2) is 51.7 Å². The molecule has 8 heteroatoms. The van der Waals surface area contributed by atoms with Crippen molar-refractivity contribution >= 4 is 23.6 Å². The Balaban J connectivity index is 1.88. The van der Waals surface area contributed by atoms with E-state index in [1.54, 1.807) is 53.5 Å². The first kappa shape index (κ1) is 25.3. The lowest BCUT2D eigenvalue weighted by Gasteiger charge is -2.33. The zero-order valence-corrected chi connectivity index (χ0v) is 19.4. The molecule has 0 atom stereocenters. The summed E-state index contributed by atoms with van der Waals surface area (Å²) < 4.78 is 0. The fraction of sp³-hybridized carbons (Fsp3) is 0.385. The van der Waals surface area contributed by atoms with Crippen LogP contribution in [0.1, 0.15) is 72.1 Å². The first-order chi connectivity index (χ1) is 16.5. The molecule has 0 aliphatic carbocycles. The lowest BCUT2D eigenvalue weighted by molar-refractivity contribution is -0.157. The average Bonchev–Trinajstić information content (AvgIpc) is 2.94. The Hall–Kier alpha value is -3.36. The summed E-state index contributed by atoms with van der Waals surface area (Å²) in [4.78, 5) is 52.5. The van der Waals surface area contributed by atoms with Crippen LogP contribution in [0.2, 0.25) is 0 Å². The third-order valence-electron chi connectivity index (χ3n) is 5.91. The van der Waals surface area contributed by atoms with Crippen molar-refractivity contribution in [3.8, 4) is 0 Å². The Bertz CT molecular complexity index is 969. The van der Waals surface area contributed by atoms with Crippen molar-refractivity contribution in [2.45, 2.75) is 51.4 Å². The number of carbonyl (C=O) groups is 4. The van der Waals surface area contributed by atoms with Gasteiger partial charge in [0.05, 0.1) is 0 Å². The van der Waals surface area contributed by atoms with E-state index in [0.29, 0.717) is 13.1 Å². The van der Waals surface area contributed by atoms with Gasteiger partial charge < -0.3 is 0 Å². The molecule has 0 radical (unpaired) electrons. The molecule has 1 aliphatic rings. The molecule has 0 saturated carbocycles. The number of hydrogen-bond acceptors (Lipinski definition) is 6. The van der Waals surface area contributed by atoms with E-state index in [2.05, 4.69) is 0 Å². The summed E-state index contributed by atoms with van der Waals surface area (Å²) >= 11 is 0. The summed E-state index contributed by atoms with van der Waals surface area (Å²) in [7, 11) is 0. The van der Waals surface area contributed by atoms with E-state index in [4.69, 9.17) is 5.84 Å². The Labute approximate surface area is 200 Å². The van der Waals surface area contributed by atoms with Gasteiger partial charge in [-0.1, -0.05) is 74.9 Å². The highest BCUT2D eigenvalue weighted by atomic mass is 16.2. The molecule has 1 aliphatic heterocycles. The number of rotatable bonds is 3. The molecule has 2 N–H and O–H groups in total. The molecular formula is C26H32N4O4. The normalized spacial score (nSPS) is 15.6. The second-order valence-corrected chi connectivity index (χ2v) is 8.42. The van der Waals surface area contributed by atoms with Crippen molar-refractivity contribution < 1.29 is 19.2 Å². The van der Waals surface area contributed by atoms with Crippen LogP contribution in [-0.2, 0) is 9.59 Å². The highest BCUT2D eigenvalue weighted by Crippen LogP contribution is 2.17. The summed E-state index contributed by atoms with van der Waals surface area (Å²) in [5, 5.41) is 2.81. The van der Waals surface area contributed by atoms with Crippen molar-refractivity contribution in [3.05, 3.63) is 71.8 Å². The van der Waals surface area contributed by atoms with Crippen LogP contribution in [0.25, 0.3) is 0 Å². The minimum absolute atomic E-state index is 0.169. The first-order valence-corrected chi connectivity index (χ1v) is 11.9. The lowest BCUT2D eigenvalue weighted by Crippen LogP contribution is -2.58. The minimum atomic E-state index is -1.26. The second kappa shape index (κ2) is 12.8. The maximum Gasteiger partial charge on any atom is 0.335 e. The number of carbonyl (C=O) groups excluding carboxylic acids is 4. The molecule has 0 bridgehead atoms. The van der Waals surface area contributed by atoms with Crippen LogP contribution < -0.4 is 5.84 Å². The van der Waals surface area contributed by atoms with E-state index in [1.165, 1.54) is 25.0 Å². The van der Waals surface area contributed by atoms with Gasteiger partial charge in [0.1, 0.15) is 0 Å². The molecule has 8 nitrogen and oxygen atoms in total. The maximum atomic E-state index is 13.4. The van der Waals surface area contributed by atoms with Gasteiger partial charge in [-0.25, -0.2) is 15.9 Å². The summed E-state index contributed by atoms with van der Waals surface area (Å²) in [5.74, 6) is 1.95. The molecule has 2 aromatic rings. The molecule has 1 saturated heterocycles. The van der Waals surface area contributed by atoms with E-state index >= 15 is 0 Å². The second-order valence-electron chi connectivity index (χ2n) is 8.42. The van der Waals surface area contributed by atoms with Gasteiger partial charge in [0.2, 0.25) is 0 Å². The van der Waals surface area contributed by atoms with Crippen molar-refractivity contribution in [2.24, 2.45) is 5.84 Å². The molecule has 4 amide bonds. The molecule has 2 aromatic carbocycles. The molecule has 34 heavy (non-hydrogen) atoms. The summed E-state index contributed by atoms with van der Waals surface area (Å²) in [6.45, 7) is 0.906. The highest BCUT2D eigenvalue weighted by molar-refractivity contribution is 6.40. The van der Waals surface area contributed by atoms with Crippen LogP contribution in [0.5, 0.6) is 0 Å². The predicted molar refractivity (Wildman–Crippen MR) is 128 cm³/mol. The van der Waals surface area contributed by atoms with Crippen molar-refractivity contribution in [2.75, 3.05) is 13.1 Å². The topological polar surface area (TPSA) is 104 Å². The molecule has 0 unspecified atom stereocenters. The van der Waals surface area contributed by atoms with Crippen LogP contribution in [0.3, 0.4) is 0 Å². The Kier molecular flexibility index (Phi) is 9.49. The monoisotopic (exact) mass is 464 g/mol. The summed E-state index contributed by atoms with van der Waals surface area (Å²) in [5.41, 5.74) is 0.443. The fourth-order valence-electron chi connectivity index (χ4n) is 4.02. The fourth-order valence-corrected chi connectivity index (χ4v) is 4.02. The van der Waals surface area contributed by atoms with Crippen LogP contribution >= 0.6 is 0 Å². The number of amides is 4. The zero-order valence-electron chi connectivity index (χ0n) is 19.4. The van der Waals surface area contributed by atoms with E-state index < -0.39 is 23.6 Å². The third kappa shape index (κ3) is 6.59. The first-order valence-electron chi connectivity index (χ1n) is 11.9. The van der Waals surface area contributed by atoms with E-state index in [-0.39, 0.29) is 16.1 Å². The van der Waals surface area contributed by atoms with Crippen LogP contribution in [0.15, 0.2) is 60.7 Å². The lowest BCUT2D eigenvalue weighted by atomic mass is 10.1. The standard InChI is InChI=1S/C26H32N4O4/c27-29(23(31)21-15-9-7-10-16-21)25(33)26(34)30(24(32)22-17-11-8-12-18-22)28-19-13-5-3-1-2-4-6-14-20-28/h7-12,15-18H,1-6,13-14,19-20,27H2. The Morgan fingerprint density at radius 1 is 0.588 bits per heavy atom. The highest BCUT2D eigenvalue weighted by Gasteiger charge is 2.37. The quantitative estimate of drug-likeness (QED) is 0.322. The van der Waals surface area contributed by atoms with E-state index in [1.807, 2.05) is 0 Å². The SMILES string of the molecule is NN(C(=O)C(=O)N(C(=O)c1ccccc1)N1CCCCCCCCCC1)C(=O)c1ccccc1. The van der Waals surface area contributed by atoms with Gasteiger partial charge in [-0.05, 0) is 37.1 Å². The minimum Gasteiger partial charge on any atom is -0.267 e. The van der Waals surface area contributed by atoms with Gasteiger partial charge in [-0.3, -0.25) is 19.2 Å². The van der Waals surface area contributed by atoms with Crippen molar-refractivity contribution in [3.63, 3.8) is 0 Å². The van der Waals surface area contributed by atoms with E-state index in [9.17, 15) is 19.2 Å². The van der Waals surface area contributed by atoms with Crippen molar-refractivity contribution in [1.82, 2.24) is 15.0 Å². The number of nitrogens with two attached hydrogens (primary N) is 1. The number of imide groups is 2. The van der Waals surface area contributed by atoms with Gasteiger partial charge in [0, 0.05) is 24.2 Å². The number of hydrazine groups is 2. The van der Waals surface area contributed by atoms with Gasteiger partial charge in [-0.15, -0.1) is 0 Å². The van der Waals surface area contributed by atoms with Gasteiger partial charge in [0.15, 0.2) is 0 Å². The van der Waals surface area contributed by atoms with Gasteiger partial charge >= 0.3 is 11.8 Å². The number of benzene rings is 2. The molecule has 1 heterocycles. The van der Waals surface area contributed by atoms with E-state index in [0.717, 1.165) is 43.5 Å². The van der Waals surface area contributed by atoms with Gasteiger partial charge in [0.25, 0.3) is 11.8 Å². The van der Waals surface area contributed by atoms with Crippen LogP contribution in [0, 0.1) is 0 Å². The largest absolute Gasteiger partial charge is 0.335 e. The zero-order chi connectivity index (χ0) is 24.3. The maximum absolute atomic E-state index is 13.4. The Morgan fingerprint density at radius 3 is 1.47 bits per heavy atom. The predicted octanol–water partition coefficient (Wildman–Crippen LogP) is 3.55. The molecular weight excluding hydrogens is 432 g/mol. The van der Waals surface area contributed by atoms with Crippen LogP contribution in [0.4, 0.5) is 0 Å². The smallest absolute Gasteiger partial charge is 0.267 e.